The first-order chi connectivity index (χ1) is 15.9. The van der Waals surface area contributed by atoms with Crippen LogP contribution in [0.25, 0.3) is 17.2 Å². The topological polar surface area (TPSA) is 44.8 Å². The van der Waals surface area contributed by atoms with Crippen LogP contribution in [0.2, 0.25) is 0 Å². The maximum atomic E-state index is 12.4. The van der Waals surface area contributed by atoms with Crippen LogP contribution in [-0.4, -0.2) is 19.4 Å². The fraction of sp³-hybridized carbons (Fsp3) is 0.222. The Balaban J connectivity index is 1.91. The number of halogens is 3. The maximum absolute atomic E-state index is 12.4. The predicted octanol–water partition coefficient (Wildman–Crippen LogP) is 7.53. The molecule has 0 saturated heterocycles. The lowest BCUT2D eigenvalue weighted by atomic mass is 9.87. The van der Waals surface area contributed by atoms with Gasteiger partial charge >= 0.3 is 12.3 Å². The van der Waals surface area contributed by atoms with Crippen molar-refractivity contribution in [2.45, 2.75) is 32.5 Å². The summed E-state index contributed by atoms with van der Waals surface area (Å²) in [6.07, 6.45) is -1.91. The van der Waals surface area contributed by atoms with Gasteiger partial charge in [0.15, 0.2) is 0 Å². The van der Waals surface area contributed by atoms with Gasteiger partial charge in [-0.1, -0.05) is 51.1 Å². The third-order valence-corrected chi connectivity index (χ3v) is 4.98. The van der Waals surface area contributed by atoms with E-state index in [4.69, 9.17) is 4.74 Å². The predicted molar refractivity (Wildman–Crippen MR) is 125 cm³/mol. The van der Waals surface area contributed by atoms with Crippen molar-refractivity contribution in [3.05, 3.63) is 83.9 Å². The summed E-state index contributed by atoms with van der Waals surface area (Å²) in [7, 11) is 1.28. The third-order valence-electron chi connectivity index (χ3n) is 4.98. The molecule has 7 heteroatoms. The lowest BCUT2D eigenvalue weighted by Gasteiger charge is -2.19. The number of carbonyl (C=O) groups excluding carboxylic acids is 1. The summed E-state index contributed by atoms with van der Waals surface area (Å²) >= 11 is 0. The van der Waals surface area contributed by atoms with Crippen LogP contribution in [0.5, 0.6) is 17.2 Å². The van der Waals surface area contributed by atoms with Gasteiger partial charge in [-0.3, -0.25) is 0 Å². The molecule has 4 nitrogen and oxygen atoms in total. The minimum Gasteiger partial charge on any atom is -0.466 e. The van der Waals surface area contributed by atoms with Gasteiger partial charge in [-0.2, -0.15) is 0 Å². The Bertz CT molecular complexity index is 1160. The van der Waals surface area contributed by atoms with Gasteiger partial charge in [0.05, 0.1) is 7.11 Å². The number of methoxy groups -OCH3 is 1. The molecule has 0 heterocycles. The van der Waals surface area contributed by atoms with Gasteiger partial charge in [-0.15, -0.1) is 13.2 Å². The maximum Gasteiger partial charge on any atom is 0.573 e. The zero-order chi connectivity index (χ0) is 24.9. The second-order valence-corrected chi connectivity index (χ2v) is 8.56. The molecule has 178 valence electrons. The van der Waals surface area contributed by atoms with Crippen LogP contribution in [0.4, 0.5) is 13.2 Å². The average molecular weight is 470 g/mol. The number of hydrogen-bond acceptors (Lipinski definition) is 4. The van der Waals surface area contributed by atoms with Gasteiger partial charge in [0, 0.05) is 11.6 Å². The Hall–Kier alpha value is -3.74. The van der Waals surface area contributed by atoms with Crippen molar-refractivity contribution in [1.82, 2.24) is 0 Å². The number of benzene rings is 3. The van der Waals surface area contributed by atoms with Crippen LogP contribution in [0, 0.1) is 0 Å². The Labute approximate surface area is 196 Å². The molecule has 0 aromatic heterocycles. The molecule has 0 unspecified atom stereocenters. The Morgan fingerprint density at radius 1 is 0.824 bits per heavy atom. The molecule has 0 radical (unpaired) electrons. The first kappa shape index (κ1) is 24.9. The number of alkyl halides is 3. The summed E-state index contributed by atoms with van der Waals surface area (Å²) in [5.74, 6) is 0.298. The van der Waals surface area contributed by atoms with Crippen LogP contribution < -0.4 is 9.47 Å². The Morgan fingerprint density at radius 2 is 1.41 bits per heavy atom. The lowest BCUT2D eigenvalue weighted by Crippen LogP contribution is -2.16. The molecule has 0 bridgehead atoms. The van der Waals surface area contributed by atoms with Crippen molar-refractivity contribution in [3.63, 3.8) is 0 Å². The lowest BCUT2D eigenvalue weighted by molar-refractivity contribution is -0.274. The molecule has 0 spiro atoms. The van der Waals surface area contributed by atoms with Gasteiger partial charge < -0.3 is 14.2 Å². The zero-order valence-corrected chi connectivity index (χ0v) is 19.3. The third kappa shape index (κ3) is 6.88. The van der Waals surface area contributed by atoms with E-state index < -0.39 is 12.3 Å². The molecule has 0 aliphatic rings. The summed E-state index contributed by atoms with van der Waals surface area (Å²) in [6.45, 7) is 6.37. The molecule has 34 heavy (non-hydrogen) atoms. The summed E-state index contributed by atoms with van der Waals surface area (Å²) in [5.41, 5.74) is 3.16. The molecule has 0 saturated carbocycles. The van der Waals surface area contributed by atoms with Crippen LogP contribution in [0.15, 0.2) is 72.8 Å². The van der Waals surface area contributed by atoms with Crippen LogP contribution in [-0.2, 0) is 14.9 Å². The van der Waals surface area contributed by atoms with E-state index in [1.54, 1.807) is 24.3 Å². The summed E-state index contributed by atoms with van der Waals surface area (Å²) in [5, 5.41) is 0. The number of carbonyl (C=O) groups is 1. The van der Waals surface area contributed by atoms with Crippen molar-refractivity contribution in [1.29, 1.82) is 0 Å². The Morgan fingerprint density at radius 3 is 1.97 bits per heavy atom. The molecule has 0 fully saturated rings. The first-order valence-electron chi connectivity index (χ1n) is 10.5. The summed E-state index contributed by atoms with van der Waals surface area (Å²) in [6, 6.07) is 18.6. The van der Waals surface area contributed by atoms with Crippen LogP contribution in [0.1, 0.15) is 31.9 Å². The van der Waals surface area contributed by atoms with E-state index >= 15 is 0 Å². The molecule has 0 aliphatic heterocycles. The molecule has 3 aromatic carbocycles. The molecule has 0 N–H and O–H groups in total. The minimum absolute atomic E-state index is 0.00921. The monoisotopic (exact) mass is 470 g/mol. The smallest absolute Gasteiger partial charge is 0.466 e. The fourth-order valence-corrected chi connectivity index (χ4v) is 3.18. The quantitative estimate of drug-likeness (QED) is 0.276. The molecule has 3 rings (SSSR count). The molecule has 0 aliphatic carbocycles. The van der Waals surface area contributed by atoms with Gasteiger partial charge in [0.2, 0.25) is 0 Å². The van der Waals surface area contributed by atoms with E-state index in [0.29, 0.717) is 22.6 Å². The largest absolute Gasteiger partial charge is 0.573 e. The summed E-state index contributed by atoms with van der Waals surface area (Å²) < 4.78 is 51.9. The van der Waals surface area contributed by atoms with E-state index in [9.17, 15) is 18.0 Å². The second kappa shape index (κ2) is 10.0. The summed E-state index contributed by atoms with van der Waals surface area (Å²) in [4.78, 5) is 11.6. The molecular formula is C27H25F3O4. The van der Waals surface area contributed by atoms with Crippen molar-refractivity contribution in [3.8, 4) is 28.4 Å². The van der Waals surface area contributed by atoms with Gasteiger partial charge in [0.1, 0.15) is 17.2 Å². The highest BCUT2D eigenvalue weighted by Crippen LogP contribution is 2.33. The van der Waals surface area contributed by atoms with Gasteiger partial charge in [0.25, 0.3) is 0 Å². The number of hydrogen-bond donors (Lipinski definition) is 0. The van der Waals surface area contributed by atoms with E-state index in [0.717, 1.165) is 5.56 Å². The highest BCUT2D eigenvalue weighted by Gasteiger charge is 2.31. The van der Waals surface area contributed by atoms with Gasteiger partial charge in [-0.25, -0.2) is 4.79 Å². The van der Waals surface area contributed by atoms with Gasteiger partial charge in [-0.05, 0) is 64.6 Å². The first-order valence-corrected chi connectivity index (χ1v) is 10.5. The van der Waals surface area contributed by atoms with Crippen molar-refractivity contribution in [2.75, 3.05) is 7.11 Å². The number of esters is 1. The molecular weight excluding hydrogens is 445 g/mol. The SMILES string of the molecule is COC(=O)C=Cc1cc(-c2ccc(OC(F)(F)F)cc2)ccc1Oc1ccc(C(C)(C)C)cc1. The second-order valence-electron chi connectivity index (χ2n) is 8.56. The standard InChI is InChI=1S/C27H25F3O4/c1-26(2,3)21-9-13-22(14-10-21)33-24-15-7-19(17-20(24)8-16-25(31)32-4)18-5-11-23(12-6-18)34-27(28,29)30/h5-17H,1-4H3. The van der Waals surface area contributed by atoms with E-state index in [2.05, 4.69) is 30.2 Å². The fourth-order valence-electron chi connectivity index (χ4n) is 3.18. The minimum atomic E-state index is -4.75. The van der Waals surface area contributed by atoms with Crippen molar-refractivity contribution < 1.29 is 32.2 Å². The highest BCUT2D eigenvalue weighted by atomic mass is 19.4. The van der Waals surface area contributed by atoms with Crippen molar-refractivity contribution >= 4 is 12.0 Å². The highest BCUT2D eigenvalue weighted by molar-refractivity contribution is 5.88. The van der Waals surface area contributed by atoms with E-state index in [1.165, 1.54) is 43.0 Å². The molecule has 3 aromatic rings. The zero-order valence-electron chi connectivity index (χ0n) is 19.3. The van der Waals surface area contributed by atoms with Crippen molar-refractivity contribution in [2.24, 2.45) is 0 Å². The van der Waals surface area contributed by atoms with Crippen LogP contribution >= 0.6 is 0 Å². The normalized spacial score (nSPS) is 12.0. The molecule has 0 atom stereocenters. The molecule has 0 amide bonds. The van der Waals surface area contributed by atoms with Crippen LogP contribution in [0.3, 0.4) is 0 Å². The van der Waals surface area contributed by atoms with E-state index in [1.807, 2.05) is 24.3 Å². The number of rotatable bonds is 6. The Kier molecular flexibility index (Phi) is 7.35. The van der Waals surface area contributed by atoms with E-state index in [-0.39, 0.29) is 11.2 Å². The average Bonchev–Trinajstić information content (AvgIpc) is 2.77. The number of ether oxygens (including phenoxy) is 3.